The number of phenolic OH excluding ortho intramolecular Hbond substituents is 1. The van der Waals surface area contributed by atoms with Crippen molar-refractivity contribution < 1.29 is 14.6 Å². The molecule has 2 aromatic carbocycles. The van der Waals surface area contributed by atoms with Gasteiger partial charge in [-0.1, -0.05) is 24.3 Å². The lowest BCUT2D eigenvalue weighted by molar-refractivity contribution is -0.112. The van der Waals surface area contributed by atoms with E-state index in [1.165, 1.54) is 13.2 Å². The largest absolute Gasteiger partial charge is 0.504 e. The standard InChI is InChI=1S/C18H16N2O3/c1-12-5-3-7-15(9-12)20-18(22)14(11-19)10-13-6-4-8-16(23-2)17(13)21/h3-10,21H,1-2H3,(H,20,22)/b14-10+. The molecule has 0 aliphatic rings. The summed E-state index contributed by atoms with van der Waals surface area (Å²) in [4.78, 5) is 12.2. The summed E-state index contributed by atoms with van der Waals surface area (Å²) in [5, 5.41) is 21.9. The molecule has 0 saturated carbocycles. The first-order valence-electron chi connectivity index (χ1n) is 6.91. The van der Waals surface area contributed by atoms with Crippen LogP contribution in [0.4, 0.5) is 5.69 Å². The Morgan fingerprint density at radius 2 is 2.04 bits per heavy atom. The number of rotatable bonds is 4. The van der Waals surface area contributed by atoms with Crippen LogP contribution in [0.15, 0.2) is 48.0 Å². The summed E-state index contributed by atoms with van der Waals surface area (Å²) in [6, 6.07) is 14.0. The van der Waals surface area contributed by atoms with E-state index in [9.17, 15) is 15.2 Å². The van der Waals surface area contributed by atoms with Gasteiger partial charge >= 0.3 is 0 Å². The van der Waals surface area contributed by atoms with E-state index in [2.05, 4.69) is 5.32 Å². The monoisotopic (exact) mass is 308 g/mol. The molecular weight excluding hydrogens is 292 g/mol. The van der Waals surface area contributed by atoms with E-state index in [1.54, 1.807) is 30.3 Å². The van der Waals surface area contributed by atoms with Gasteiger partial charge in [0.2, 0.25) is 0 Å². The molecule has 0 aliphatic heterocycles. The van der Waals surface area contributed by atoms with Crippen molar-refractivity contribution in [1.29, 1.82) is 5.26 Å². The second-order valence-electron chi connectivity index (χ2n) is 4.89. The second kappa shape index (κ2) is 7.14. The number of ether oxygens (including phenoxy) is 1. The van der Waals surface area contributed by atoms with Crippen molar-refractivity contribution in [3.63, 3.8) is 0 Å². The van der Waals surface area contributed by atoms with Gasteiger partial charge in [-0.25, -0.2) is 0 Å². The van der Waals surface area contributed by atoms with E-state index in [4.69, 9.17) is 4.74 Å². The topological polar surface area (TPSA) is 82.3 Å². The molecule has 0 spiro atoms. The zero-order valence-corrected chi connectivity index (χ0v) is 12.8. The molecule has 0 bridgehead atoms. The van der Waals surface area contributed by atoms with Crippen LogP contribution in [0.2, 0.25) is 0 Å². The summed E-state index contributed by atoms with van der Waals surface area (Å²) in [5.41, 5.74) is 1.82. The lowest BCUT2D eigenvalue weighted by Crippen LogP contribution is -2.13. The van der Waals surface area contributed by atoms with Crippen LogP contribution < -0.4 is 10.1 Å². The molecule has 5 heteroatoms. The molecule has 0 saturated heterocycles. The Bertz CT molecular complexity index is 804. The van der Waals surface area contributed by atoms with Gasteiger partial charge < -0.3 is 15.2 Å². The SMILES string of the molecule is COc1cccc(/C=C(\C#N)C(=O)Nc2cccc(C)c2)c1O. The van der Waals surface area contributed by atoms with E-state index in [0.717, 1.165) is 5.56 Å². The van der Waals surface area contributed by atoms with E-state index < -0.39 is 5.91 Å². The maximum absolute atomic E-state index is 12.2. The van der Waals surface area contributed by atoms with E-state index in [-0.39, 0.29) is 17.1 Å². The second-order valence-corrected chi connectivity index (χ2v) is 4.89. The van der Waals surface area contributed by atoms with Gasteiger partial charge in [0, 0.05) is 11.3 Å². The Morgan fingerprint density at radius 3 is 2.70 bits per heavy atom. The predicted octanol–water partition coefficient (Wildman–Crippen LogP) is 3.25. The molecule has 0 unspecified atom stereocenters. The number of hydrogen-bond donors (Lipinski definition) is 2. The van der Waals surface area contributed by atoms with Gasteiger partial charge in [0.05, 0.1) is 7.11 Å². The number of anilines is 1. The highest BCUT2D eigenvalue weighted by molar-refractivity contribution is 6.09. The fourth-order valence-corrected chi connectivity index (χ4v) is 2.05. The number of aromatic hydroxyl groups is 1. The molecule has 0 fully saturated rings. The Kier molecular flexibility index (Phi) is 5.00. The Labute approximate surface area is 134 Å². The van der Waals surface area contributed by atoms with Gasteiger partial charge in [-0.15, -0.1) is 0 Å². The average molecular weight is 308 g/mol. The van der Waals surface area contributed by atoms with Gasteiger partial charge in [0.1, 0.15) is 11.6 Å². The minimum Gasteiger partial charge on any atom is -0.504 e. The fourth-order valence-electron chi connectivity index (χ4n) is 2.05. The van der Waals surface area contributed by atoms with Crippen LogP contribution in [0.1, 0.15) is 11.1 Å². The third-order valence-corrected chi connectivity index (χ3v) is 3.19. The van der Waals surface area contributed by atoms with Crippen LogP contribution in [-0.2, 0) is 4.79 Å². The molecule has 0 aromatic heterocycles. The van der Waals surface area contributed by atoms with Gasteiger partial charge in [-0.05, 0) is 36.8 Å². The molecule has 0 atom stereocenters. The van der Waals surface area contributed by atoms with E-state index in [1.807, 2.05) is 25.1 Å². The number of aryl methyl sites for hydroxylation is 1. The molecule has 5 nitrogen and oxygen atoms in total. The highest BCUT2D eigenvalue weighted by atomic mass is 16.5. The molecule has 1 amide bonds. The van der Waals surface area contributed by atoms with Crippen LogP contribution in [0.5, 0.6) is 11.5 Å². The van der Waals surface area contributed by atoms with Gasteiger partial charge in [-0.2, -0.15) is 5.26 Å². The molecule has 0 heterocycles. The predicted molar refractivity (Wildman–Crippen MR) is 88.1 cm³/mol. The van der Waals surface area contributed by atoms with Crippen molar-refractivity contribution in [3.05, 3.63) is 59.2 Å². The Morgan fingerprint density at radius 1 is 1.30 bits per heavy atom. The van der Waals surface area contributed by atoms with Crippen molar-refractivity contribution in [3.8, 4) is 17.6 Å². The molecular formula is C18H16N2O3. The minimum absolute atomic E-state index is 0.116. The number of benzene rings is 2. The molecule has 23 heavy (non-hydrogen) atoms. The fraction of sp³-hybridized carbons (Fsp3) is 0.111. The van der Waals surface area contributed by atoms with Crippen molar-refractivity contribution in [2.45, 2.75) is 6.92 Å². The molecule has 2 rings (SSSR count). The zero-order chi connectivity index (χ0) is 16.8. The molecule has 0 aliphatic carbocycles. The smallest absolute Gasteiger partial charge is 0.266 e. The number of carbonyl (C=O) groups is 1. The molecule has 0 radical (unpaired) electrons. The van der Waals surface area contributed by atoms with Crippen molar-refractivity contribution in [2.24, 2.45) is 0 Å². The first-order valence-corrected chi connectivity index (χ1v) is 6.91. The first kappa shape index (κ1) is 16.1. The number of nitrogens with one attached hydrogen (secondary N) is 1. The zero-order valence-electron chi connectivity index (χ0n) is 12.8. The molecule has 2 aromatic rings. The highest BCUT2D eigenvalue weighted by Crippen LogP contribution is 2.30. The highest BCUT2D eigenvalue weighted by Gasteiger charge is 2.12. The summed E-state index contributed by atoms with van der Waals surface area (Å²) in [5.74, 6) is -0.387. The van der Waals surface area contributed by atoms with Gasteiger partial charge in [0.15, 0.2) is 11.5 Å². The first-order chi connectivity index (χ1) is 11.0. The van der Waals surface area contributed by atoms with E-state index in [0.29, 0.717) is 11.3 Å². The Balaban J connectivity index is 2.29. The summed E-state index contributed by atoms with van der Waals surface area (Å²) in [6.45, 7) is 1.91. The minimum atomic E-state index is -0.541. The van der Waals surface area contributed by atoms with Crippen LogP contribution in [0, 0.1) is 18.3 Å². The summed E-state index contributed by atoms with van der Waals surface area (Å²) < 4.78 is 5.01. The van der Waals surface area contributed by atoms with E-state index >= 15 is 0 Å². The molecule has 116 valence electrons. The number of methoxy groups -OCH3 is 1. The summed E-state index contributed by atoms with van der Waals surface area (Å²) >= 11 is 0. The third kappa shape index (κ3) is 3.89. The van der Waals surface area contributed by atoms with Gasteiger partial charge in [0.25, 0.3) is 5.91 Å². The molecule has 2 N–H and O–H groups in total. The number of carbonyl (C=O) groups excluding carboxylic acids is 1. The van der Waals surface area contributed by atoms with Crippen molar-refractivity contribution >= 4 is 17.7 Å². The summed E-state index contributed by atoms with van der Waals surface area (Å²) in [7, 11) is 1.43. The number of hydrogen-bond acceptors (Lipinski definition) is 4. The maximum atomic E-state index is 12.2. The number of amides is 1. The average Bonchev–Trinajstić information content (AvgIpc) is 2.53. The number of phenols is 1. The van der Waals surface area contributed by atoms with Gasteiger partial charge in [-0.3, -0.25) is 4.79 Å². The third-order valence-electron chi connectivity index (χ3n) is 3.19. The number of nitriles is 1. The van der Waals surface area contributed by atoms with Crippen LogP contribution >= 0.6 is 0 Å². The quantitative estimate of drug-likeness (QED) is 0.671. The van der Waals surface area contributed by atoms with Crippen LogP contribution in [0.25, 0.3) is 6.08 Å². The number of nitrogens with zero attached hydrogens (tertiary/aromatic N) is 1. The van der Waals surface area contributed by atoms with Crippen molar-refractivity contribution in [1.82, 2.24) is 0 Å². The van der Waals surface area contributed by atoms with Crippen molar-refractivity contribution in [2.75, 3.05) is 12.4 Å². The Hall–Kier alpha value is -3.26. The summed E-state index contributed by atoms with van der Waals surface area (Å²) in [6.07, 6.45) is 1.32. The van der Waals surface area contributed by atoms with Crippen LogP contribution in [0.3, 0.4) is 0 Å². The van der Waals surface area contributed by atoms with Crippen LogP contribution in [-0.4, -0.2) is 18.1 Å². The normalized spacial score (nSPS) is 10.7. The maximum Gasteiger partial charge on any atom is 0.266 e. The lowest BCUT2D eigenvalue weighted by Gasteiger charge is -2.07. The number of para-hydroxylation sites is 1. The lowest BCUT2D eigenvalue weighted by atomic mass is 10.1.